The molecule has 0 spiro atoms. The standard InChI is InChI=1S/C21H18F4N4.ClH/c1-29-9-12(6-11-2-3-13(22)7-17(11)24)19-16(10-29)20(28-21(26)27-19)15-5-4-14(23)8-18(15)25;/h2-8,20H,9-10H2,1H3,(H3,26,27,28);1H/b12-6+;. The molecule has 2 aliphatic rings. The van der Waals surface area contributed by atoms with Crippen molar-refractivity contribution in [3.63, 3.8) is 0 Å². The van der Waals surface area contributed by atoms with E-state index in [1.165, 1.54) is 24.3 Å². The summed E-state index contributed by atoms with van der Waals surface area (Å²) in [6.45, 7) is 0.929. The predicted molar refractivity (Wildman–Crippen MR) is 110 cm³/mol. The van der Waals surface area contributed by atoms with Crippen LogP contribution < -0.4 is 11.1 Å². The highest BCUT2D eigenvalue weighted by Crippen LogP contribution is 2.37. The minimum absolute atomic E-state index is 0. The third-order valence-corrected chi connectivity index (χ3v) is 4.92. The van der Waals surface area contributed by atoms with Gasteiger partial charge in [0.1, 0.15) is 29.3 Å². The fraction of sp³-hybridized carbons (Fsp3) is 0.190. The number of rotatable bonds is 2. The van der Waals surface area contributed by atoms with Gasteiger partial charge in [-0.05, 0) is 42.5 Å². The zero-order valence-corrected chi connectivity index (χ0v) is 16.7. The second-order valence-electron chi connectivity index (χ2n) is 7.12. The van der Waals surface area contributed by atoms with Gasteiger partial charge >= 0.3 is 0 Å². The zero-order valence-electron chi connectivity index (χ0n) is 15.9. The van der Waals surface area contributed by atoms with Gasteiger partial charge in [0.25, 0.3) is 0 Å². The van der Waals surface area contributed by atoms with Crippen molar-refractivity contribution in [2.24, 2.45) is 10.7 Å². The first-order chi connectivity index (χ1) is 13.8. The Kier molecular flexibility index (Phi) is 6.19. The summed E-state index contributed by atoms with van der Waals surface area (Å²) in [6, 6.07) is 5.93. The van der Waals surface area contributed by atoms with Gasteiger partial charge in [-0.2, -0.15) is 0 Å². The average Bonchev–Trinajstić information content (AvgIpc) is 2.64. The topological polar surface area (TPSA) is 53.6 Å². The highest BCUT2D eigenvalue weighted by molar-refractivity contribution is 5.85. The maximum atomic E-state index is 14.4. The molecule has 3 N–H and O–H groups in total. The van der Waals surface area contributed by atoms with E-state index in [0.717, 1.165) is 17.7 Å². The number of aliphatic imine (C=N–C) groups is 1. The number of nitrogens with one attached hydrogen (secondary N) is 1. The van der Waals surface area contributed by atoms with Crippen LogP contribution in [0.1, 0.15) is 17.2 Å². The fourth-order valence-corrected chi connectivity index (χ4v) is 3.67. The van der Waals surface area contributed by atoms with E-state index in [9.17, 15) is 17.6 Å². The summed E-state index contributed by atoms with van der Waals surface area (Å²) >= 11 is 0. The lowest BCUT2D eigenvalue weighted by atomic mass is 9.89. The minimum atomic E-state index is -0.740. The molecular weight excluding hydrogens is 420 g/mol. The third-order valence-electron chi connectivity index (χ3n) is 4.92. The molecule has 0 bridgehead atoms. The lowest BCUT2D eigenvalue weighted by molar-refractivity contribution is 0.367. The molecule has 0 aliphatic carbocycles. The minimum Gasteiger partial charge on any atom is -0.370 e. The quantitative estimate of drug-likeness (QED) is 0.699. The number of benzene rings is 2. The Morgan fingerprint density at radius 3 is 2.37 bits per heavy atom. The molecule has 1 unspecified atom stereocenters. The average molecular weight is 439 g/mol. The Morgan fingerprint density at radius 1 is 1.03 bits per heavy atom. The van der Waals surface area contributed by atoms with Crippen LogP contribution in [0.25, 0.3) is 6.08 Å². The van der Waals surface area contributed by atoms with Crippen LogP contribution in [0.3, 0.4) is 0 Å². The van der Waals surface area contributed by atoms with Crippen LogP contribution in [0.5, 0.6) is 0 Å². The van der Waals surface area contributed by atoms with Crippen molar-refractivity contribution < 1.29 is 17.6 Å². The maximum absolute atomic E-state index is 14.4. The van der Waals surface area contributed by atoms with Crippen LogP contribution in [0.2, 0.25) is 0 Å². The Labute approximate surface area is 177 Å². The van der Waals surface area contributed by atoms with Crippen molar-refractivity contribution in [3.05, 3.63) is 87.6 Å². The predicted octanol–water partition coefficient (Wildman–Crippen LogP) is 3.91. The molecule has 0 amide bonds. The number of likely N-dealkylation sites (N-methyl/N-ethyl adjacent to an activating group) is 1. The maximum Gasteiger partial charge on any atom is 0.194 e. The van der Waals surface area contributed by atoms with Crippen molar-refractivity contribution >= 4 is 24.4 Å². The molecule has 0 saturated carbocycles. The highest BCUT2D eigenvalue weighted by Gasteiger charge is 2.32. The van der Waals surface area contributed by atoms with E-state index in [1.54, 1.807) is 6.08 Å². The molecule has 0 fully saturated rings. The molecule has 2 aromatic carbocycles. The van der Waals surface area contributed by atoms with Crippen LogP contribution in [-0.4, -0.2) is 31.0 Å². The fourth-order valence-electron chi connectivity index (χ4n) is 3.67. The normalized spacial score (nSPS) is 20.4. The van der Waals surface area contributed by atoms with Gasteiger partial charge in [0.2, 0.25) is 0 Å². The van der Waals surface area contributed by atoms with Crippen LogP contribution in [0, 0.1) is 23.3 Å². The largest absolute Gasteiger partial charge is 0.370 e. The lowest BCUT2D eigenvalue weighted by Gasteiger charge is -2.36. The van der Waals surface area contributed by atoms with Gasteiger partial charge < -0.3 is 11.1 Å². The van der Waals surface area contributed by atoms with E-state index in [1.807, 2.05) is 11.9 Å². The summed E-state index contributed by atoms with van der Waals surface area (Å²) < 4.78 is 55.2. The van der Waals surface area contributed by atoms with Crippen LogP contribution >= 0.6 is 12.4 Å². The summed E-state index contributed by atoms with van der Waals surface area (Å²) in [7, 11) is 1.86. The zero-order chi connectivity index (χ0) is 20.7. The summed E-state index contributed by atoms with van der Waals surface area (Å²) in [5.41, 5.74) is 8.40. The number of guanidine groups is 1. The molecule has 9 heteroatoms. The van der Waals surface area contributed by atoms with Gasteiger partial charge in [0.15, 0.2) is 5.96 Å². The van der Waals surface area contributed by atoms with Crippen LogP contribution in [-0.2, 0) is 0 Å². The molecule has 1 atom stereocenters. The Bertz CT molecular complexity index is 1080. The third kappa shape index (κ3) is 4.20. The first kappa shape index (κ1) is 21.9. The van der Waals surface area contributed by atoms with E-state index in [4.69, 9.17) is 5.73 Å². The summed E-state index contributed by atoms with van der Waals surface area (Å²) in [4.78, 5) is 6.28. The SMILES string of the molecule is CN1CC2=C(NC(N)=NC2c2ccc(F)cc2F)/C(=C/c2ccc(F)cc2F)C1.Cl. The highest BCUT2D eigenvalue weighted by atomic mass is 35.5. The van der Waals surface area contributed by atoms with Gasteiger partial charge in [-0.3, -0.25) is 4.90 Å². The van der Waals surface area contributed by atoms with Gasteiger partial charge in [-0.15, -0.1) is 12.4 Å². The number of nitrogens with two attached hydrogens (primary N) is 1. The van der Waals surface area contributed by atoms with E-state index < -0.39 is 29.3 Å². The number of hydrogen-bond donors (Lipinski definition) is 2. The van der Waals surface area contributed by atoms with E-state index in [2.05, 4.69) is 10.3 Å². The molecule has 4 nitrogen and oxygen atoms in total. The van der Waals surface area contributed by atoms with Crippen molar-refractivity contribution in [1.82, 2.24) is 10.2 Å². The summed E-state index contributed by atoms with van der Waals surface area (Å²) in [5, 5.41) is 2.99. The molecule has 2 aromatic rings. The van der Waals surface area contributed by atoms with E-state index in [-0.39, 0.29) is 29.5 Å². The molecular formula is C21H19ClF4N4. The second-order valence-corrected chi connectivity index (χ2v) is 7.12. The Balaban J connectivity index is 0.00000256. The van der Waals surface area contributed by atoms with Crippen molar-refractivity contribution in [2.75, 3.05) is 20.1 Å². The van der Waals surface area contributed by atoms with Gasteiger partial charge in [-0.25, -0.2) is 22.6 Å². The van der Waals surface area contributed by atoms with E-state index >= 15 is 0 Å². The van der Waals surface area contributed by atoms with Crippen molar-refractivity contribution in [3.8, 4) is 0 Å². The van der Waals surface area contributed by atoms with E-state index in [0.29, 0.717) is 24.4 Å². The Morgan fingerprint density at radius 2 is 1.70 bits per heavy atom. The van der Waals surface area contributed by atoms with Gasteiger partial charge in [0.05, 0.1) is 0 Å². The number of hydrogen-bond acceptors (Lipinski definition) is 4. The number of halogens is 5. The molecule has 2 heterocycles. The monoisotopic (exact) mass is 438 g/mol. The van der Waals surface area contributed by atoms with Crippen LogP contribution in [0.15, 0.2) is 58.2 Å². The Hall–Kier alpha value is -2.84. The summed E-state index contributed by atoms with van der Waals surface area (Å²) in [6.07, 6.45) is 1.60. The first-order valence-electron chi connectivity index (χ1n) is 8.94. The first-order valence-corrected chi connectivity index (χ1v) is 8.94. The van der Waals surface area contributed by atoms with Gasteiger partial charge in [-0.1, -0.05) is 6.07 Å². The second kappa shape index (κ2) is 8.49. The molecule has 0 radical (unpaired) electrons. The van der Waals surface area contributed by atoms with Crippen LogP contribution in [0.4, 0.5) is 17.6 Å². The molecule has 4 rings (SSSR count). The molecule has 158 valence electrons. The molecule has 30 heavy (non-hydrogen) atoms. The molecule has 2 aliphatic heterocycles. The summed E-state index contributed by atoms with van der Waals surface area (Å²) in [5.74, 6) is -2.67. The molecule has 0 aromatic heterocycles. The smallest absolute Gasteiger partial charge is 0.194 e. The number of nitrogens with zero attached hydrogens (tertiary/aromatic N) is 2. The lowest BCUT2D eigenvalue weighted by Crippen LogP contribution is -2.43. The van der Waals surface area contributed by atoms with Crippen molar-refractivity contribution in [2.45, 2.75) is 6.04 Å². The van der Waals surface area contributed by atoms with Crippen molar-refractivity contribution in [1.29, 1.82) is 0 Å². The molecule has 0 saturated heterocycles. The van der Waals surface area contributed by atoms with Gasteiger partial charge in [0, 0.05) is 42.0 Å².